The summed E-state index contributed by atoms with van der Waals surface area (Å²) >= 11 is 0. The van der Waals surface area contributed by atoms with Crippen LogP contribution in [0.2, 0.25) is 0 Å². The first-order valence-corrected chi connectivity index (χ1v) is 5.63. The van der Waals surface area contributed by atoms with Gasteiger partial charge in [0.1, 0.15) is 7.05 Å². The van der Waals surface area contributed by atoms with Crippen molar-refractivity contribution in [1.82, 2.24) is 4.98 Å². The summed E-state index contributed by atoms with van der Waals surface area (Å²) in [6.45, 7) is 0. The summed E-state index contributed by atoms with van der Waals surface area (Å²) in [6.07, 6.45) is 5.80. The molecule has 82 valence electrons. The minimum Gasteiger partial charge on any atom is -0.265 e. The highest BCUT2D eigenvalue weighted by atomic mass is 14.9. The number of benzene rings is 1. The summed E-state index contributed by atoms with van der Waals surface area (Å²) in [4.78, 5) is 4.05. The fourth-order valence-corrected chi connectivity index (χ4v) is 2.12. The molecule has 0 saturated carbocycles. The molecule has 0 aliphatic rings. The number of aryl methyl sites for hydroxylation is 1. The maximum absolute atomic E-state index is 4.05. The van der Waals surface area contributed by atoms with E-state index in [4.69, 9.17) is 0 Å². The van der Waals surface area contributed by atoms with Gasteiger partial charge in [0, 0.05) is 29.4 Å². The van der Waals surface area contributed by atoms with E-state index in [2.05, 4.69) is 53.1 Å². The van der Waals surface area contributed by atoms with E-state index in [1.165, 1.54) is 22.0 Å². The highest BCUT2D eigenvalue weighted by Gasteiger charge is 2.08. The van der Waals surface area contributed by atoms with Crippen molar-refractivity contribution in [2.45, 2.75) is 0 Å². The van der Waals surface area contributed by atoms with Gasteiger partial charge in [0.2, 0.25) is 5.52 Å². The van der Waals surface area contributed by atoms with E-state index in [-0.39, 0.29) is 0 Å². The lowest BCUT2D eigenvalue weighted by molar-refractivity contribution is -0.644. The second-order valence-corrected chi connectivity index (χ2v) is 4.13. The van der Waals surface area contributed by atoms with Crippen molar-refractivity contribution < 1.29 is 4.57 Å². The molecule has 0 aliphatic heterocycles. The minimum atomic E-state index is 1.20. The van der Waals surface area contributed by atoms with Crippen molar-refractivity contribution in [1.29, 1.82) is 0 Å². The van der Waals surface area contributed by atoms with E-state index in [1.807, 2.05) is 24.5 Å². The average molecular weight is 221 g/mol. The Kier molecular flexibility index (Phi) is 2.33. The molecular weight excluding hydrogens is 208 g/mol. The lowest BCUT2D eigenvalue weighted by Gasteiger charge is -2.02. The van der Waals surface area contributed by atoms with Crippen LogP contribution in [0.3, 0.4) is 0 Å². The molecule has 2 aromatic heterocycles. The molecule has 0 fully saturated rings. The van der Waals surface area contributed by atoms with E-state index in [9.17, 15) is 0 Å². The summed E-state index contributed by atoms with van der Waals surface area (Å²) in [5.74, 6) is 0. The van der Waals surface area contributed by atoms with Crippen LogP contribution in [-0.2, 0) is 7.05 Å². The molecule has 2 nitrogen and oxygen atoms in total. The van der Waals surface area contributed by atoms with Gasteiger partial charge in [-0.1, -0.05) is 12.1 Å². The monoisotopic (exact) mass is 221 g/mol. The number of pyridine rings is 2. The molecule has 0 bridgehead atoms. The molecule has 0 amide bonds. The molecule has 0 N–H and O–H groups in total. The summed E-state index contributed by atoms with van der Waals surface area (Å²) in [5.41, 5.74) is 3.65. The molecule has 0 aliphatic carbocycles. The number of hydrogen-bond donors (Lipinski definition) is 0. The van der Waals surface area contributed by atoms with Crippen molar-refractivity contribution in [2.75, 3.05) is 0 Å². The van der Waals surface area contributed by atoms with Crippen molar-refractivity contribution in [2.24, 2.45) is 7.05 Å². The minimum absolute atomic E-state index is 1.20. The Labute approximate surface area is 100 Å². The molecule has 0 unspecified atom stereocenters. The Morgan fingerprint density at radius 2 is 1.71 bits per heavy atom. The number of rotatable bonds is 1. The van der Waals surface area contributed by atoms with Crippen LogP contribution in [0.5, 0.6) is 0 Å². The van der Waals surface area contributed by atoms with Crippen LogP contribution < -0.4 is 4.57 Å². The van der Waals surface area contributed by atoms with Crippen LogP contribution in [0.25, 0.3) is 22.0 Å². The summed E-state index contributed by atoms with van der Waals surface area (Å²) < 4.78 is 2.16. The van der Waals surface area contributed by atoms with Gasteiger partial charge in [-0.05, 0) is 29.8 Å². The van der Waals surface area contributed by atoms with Gasteiger partial charge in [0.05, 0.1) is 0 Å². The third-order valence-corrected chi connectivity index (χ3v) is 2.97. The third-order valence-electron chi connectivity index (χ3n) is 2.97. The summed E-state index contributed by atoms with van der Waals surface area (Å²) in [6, 6.07) is 14.7. The van der Waals surface area contributed by atoms with Crippen LogP contribution in [0.15, 0.2) is 61.1 Å². The highest BCUT2D eigenvalue weighted by Crippen LogP contribution is 2.20. The van der Waals surface area contributed by atoms with Crippen molar-refractivity contribution >= 4 is 10.9 Å². The Morgan fingerprint density at radius 1 is 0.941 bits per heavy atom. The second-order valence-electron chi connectivity index (χ2n) is 4.13. The Balaban J connectivity index is 2.26. The van der Waals surface area contributed by atoms with Gasteiger partial charge in [0.15, 0.2) is 6.20 Å². The number of aromatic nitrogens is 2. The number of para-hydroxylation sites is 1. The zero-order valence-corrected chi connectivity index (χ0v) is 9.67. The molecule has 0 radical (unpaired) electrons. The maximum Gasteiger partial charge on any atom is 0.212 e. The predicted octanol–water partition coefficient (Wildman–Crippen LogP) is 2.73. The van der Waals surface area contributed by atoms with Crippen LogP contribution in [0, 0.1) is 0 Å². The fourth-order valence-electron chi connectivity index (χ4n) is 2.12. The van der Waals surface area contributed by atoms with Gasteiger partial charge >= 0.3 is 0 Å². The SMILES string of the molecule is C[n+]1cc(-c2ccncc2)cc2ccccc21. The van der Waals surface area contributed by atoms with Gasteiger partial charge in [-0.2, -0.15) is 0 Å². The van der Waals surface area contributed by atoms with E-state index in [1.54, 1.807) is 0 Å². The Bertz CT molecular complexity index is 660. The zero-order valence-electron chi connectivity index (χ0n) is 9.67. The normalized spacial score (nSPS) is 10.6. The van der Waals surface area contributed by atoms with Crippen molar-refractivity contribution in [3.63, 3.8) is 0 Å². The highest BCUT2D eigenvalue weighted by molar-refractivity contribution is 5.80. The average Bonchev–Trinajstić information content (AvgIpc) is 2.40. The van der Waals surface area contributed by atoms with Crippen molar-refractivity contribution in [3.8, 4) is 11.1 Å². The Hall–Kier alpha value is -2.22. The van der Waals surface area contributed by atoms with Gasteiger partial charge < -0.3 is 0 Å². The molecule has 0 spiro atoms. The van der Waals surface area contributed by atoms with Crippen molar-refractivity contribution in [3.05, 3.63) is 61.1 Å². The lowest BCUT2D eigenvalue weighted by Crippen LogP contribution is -2.28. The van der Waals surface area contributed by atoms with Crippen LogP contribution in [0.4, 0.5) is 0 Å². The predicted molar refractivity (Wildman–Crippen MR) is 68.4 cm³/mol. The number of hydrogen-bond acceptors (Lipinski definition) is 1. The fraction of sp³-hybridized carbons (Fsp3) is 0.0667. The van der Waals surface area contributed by atoms with Gasteiger partial charge in [0.25, 0.3) is 0 Å². The quantitative estimate of drug-likeness (QED) is 0.577. The van der Waals surface area contributed by atoms with Gasteiger partial charge in [-0.3, -0.25) is 4.98 Å². The van der Waals surface area contributed by atoms with E-state index in [0.717, 1.165) is 0 Å². The molecule has 0 atom stereocenters. The first kappa shape index (κ1) is 9.97. The van der Waals surface area contributed by atoms with E-state index in [0.29, 0.717) is 0 Å². The van der Waals surface area contributed by atoms with Gasteiger partial charge in [-0.25, -0.2) is 4.57 Å². The summed E-state index contributed by atoms with van der Waals surface area (Å²) in [7, 11) is 2.08. The van der Waals surface area contributed by atoms with Crippen LogP contribution in [-0.4, -0.2) is 4.98 Å². The van der Waals surface area contributed by atoms with E-state index < -0.39 is 0 Å². The number of nitrogens with zero attached hydrogens (tertiary/aromatic N) is 2. The third kappa shape index (κ3) is 1.78. The second kappa shape index (κ2) is 3.98. The standard InChI is InChI=1S/C15H13N2/c1-17-11-14(12-6-8-16-9-7-12)10-13-4-2-3-5-15(13)17/h2-11H,1H3/q+1. The molecule has 0 saturated heterocycles. The van der Waals surface area contributed by atoms with Gasteiger partial charge in [-0.15, -0.1) is 0 Å². The smallest absolute Gasteiger partial charge is 0.212 e. The molecule has 1 aromatic carbocycles. The lowest BCUT2D eigenvalue weighted by atomic mass is 10.1. The zero-order chi connectivity index (χ0) is 11.7. The topological polar surface area (TPSA) is 16.8 Å². The molecule has 17 heavy (non-hydrogen) atoms. The first-order valence-electron chi connectivity index (χ1n) is 5.63. The largest absolute Gasteiger partial charge is 0.265 e. The molecular formula is C15H13N2+. The van der Waals surface area contributed by atoms with Crippen LogP contribution in [0.1, 0.15) is 0 Å². The van der Waals surface area contributed by atoms with E-state index >= 15 is 0 Å². The first-order chi connectivity index (χ1) is 8.34. The Morgan fingerprint density at radius 3 is 2.53 bits per heavy atom. The maximum atomic E-state index is 4.05. The molecule has 2 heterocycles. The number of fused-ring (bicyclic) bond motifs is 1. The molecule has 2 heteroatoms. The van der Waals surface area contributed by atoms with Crippen LogP contribution >= 0.6 is 0 Å². The summed E-state index contributed by atoms with van der Waals surface area (Å²) in [5, 5.41) is 1.25. The molecule has 3 aromatic rings. The molecule has 3 rings (SSSR count).